The maximum atomic E-state index is 3.29. The molecule has 1 N–H and O–H groups in total. The topological polar surface area (TPSA) is 18.5 Å². The first-order valence-corrected chi connectivity index (χ1v) is 5.85. The van der Waals surface area contributed by atoms with Crippen LogP contribution in [0, 0.1) is 0 Å². The summed E-state index contributed by atoms with van der Waals surface area (Å²) in [4.78, 5) is 5.09. The highest BCUT2D eigenvalue weighted by Crippen LogP contribution is 2.07. The third kappa shape index (κ3) is 3.56. The standard InChI is InChI=1S/C11H25N3/c1-4-6-14-8-5-7-13(3)11(10-14)9-12-2/h11-12H,4-10H2,1-3H3. The van der Waals surface area contributed by atoms with E-state index in [1.165, 1.54) is 39.0 Å². The second-order valence-electron chi connectivity index (χ2n) is 4.35. The van der Waals surface area contributed by atoms with Crippen LogP contribution < -0.4 is 5.32 Å². The Kier molecular flexibility index (Phi) is 5.45. The van der Waals surface area contributed by atoms with Crippen LogP contribution in [0.25, 0.3) is 0 Å². The quantitative estimate of drug-likeness (QED) is 0.716. The zero-order valence-corrected chi connectivity index (χ0v) is 9.92. The monoisotopic (exact) mass is 199 g/mol. The zero-order valence-electron chi connectivity index (χ0n) is 9.92. The fraction of sp³-hybridized carbons (Fsp3) is 1.00. The van der Waals surface area contributed by atoms with Crippen LogP contribution in [-0.2, 0) is 0 Å². The summed E-state index contributed by atoms with van der Waals surface area (Å²) in [6.07, 6.45) is 2.59. The Labute approximate surface area is 88.5 Å². The third-order valence-corrected chi connectivity index (χ3v) is 3.06. The Balaban J connectivity index is 2.44. The van der Waals surface area contributed by atoms with E-state index >= 15 is 0 Å². The minimum absolute atomic E-state index is 0.689. The fourth-order valence-electron chi connectivity index (χ4n) is 2.23. The van der Waals surface area contributed by atoms with Crippen molar-refractivity contribution < 1.29 is 0 Å². The first-order valence-electron chi connectivity index (χ1n) is 5.85. The van der Waals surface area contributed by atoms with Crippen molar-refractivity contribution in [2.45, 2.75) is 25.8 Å². The predicted molar refractivity (Wildman–Crippen MR) is 61.7 cm³/mol. The molecular weight excluding hydrogens is 174 g/mol. The largest absolute Gasteiger partial charge is 0.318 e. The highest BCUT2D eigenvalue weighted by atomic mass is 15.2. The molecule has 0 aromatic heterocycles. The number of nitrogens with zero attached hydrogens (tertiary/aromatic N) is 2. The van der Waals surface area contributed by atoms with Gasteiger partial charge in [-0.15, -0.1) is 0 Å². The van der Waals surface area contributed by atoms with E-state index in [1.807, 2.05) is 7.05 Å². The van der Waals surface area contributed by atoms with Crippen molar-refractivity contribution in [3.63, 3.8) is 0 Å². The lowest BCUT2D eigenvalue weighted by Crippen LogP contribution is -2.44. The molecular formula is C11H25N3. The smallest absolute Gasteiger partial charge is 0.0344 e. The molecule has 3 nitrogen and oxygen atoms in total. The Morgan fingerprint density at radius 1 is 1.36 bits per heavy atom. The molecule has 0 saturated carbocycles. The maximum Gasteiger partial charge on any atom is 0.0344 e. The fourth-order valence-corrected chi connectivity index (χ4v) is 2.23. The Morgan fingerprint density at radius 3 is 2.79 bits per heavy atom. The summed E-state index contributed by atoms with van der Waals surface area (Å²) >= 11 is 0. The van der Waals surface area contributed by atoms with Gasteiger partial charge < -0.3 is 15.1 Å². The minimum atomic E-state index is 0.689. The molecule has 1 aliphatic heterocycles. The van der Waals surface area contributed by atoms with Crippen LogP contribution in [0.5, 0.6) is 0 Å². The number of rotatable bonds is 4. The molecule has 1 unspecified atom stereocenters. The Hall–Kier alpha value is -0.120. The molecule has 0 amide bonds. The van der Waals surface area contributed by atoms with Crippen LogP contribution in [0.1, 0.15) is 19.8 Å². The highest BCUT2D eigenvalue weighted by molar-refractivity contribution is 4.79. The molecule has 0 aliphatic carbocycles. The van der Waals surface area contributed by atoms with Gasteiger partial charge in [-0.2, -0.15) is 0 Å². The molecule has 84 valence electrons. The first kappa shape index (κ1) is 12.0. The second-order valence-corrected chi connectivity index (χ2v) is 4.35. The SMILES string of the molecule is CCCN1CCCN(C)C(CNC)C1. The Bertz CT molecular complexity index is 149. The van der Waals surface area contributed by atoms with Crippen LogP contribution >= 0.6 is 0 Å². The average molecular weight is 199 g/mol. The molecule has 0 radical (unpaired) electrons. The van der Waals surface area contributed by atoms with Crippen LogP contribution in [-0.4, -0.2) is 62.7 Å². The van der Waals surface area contributed by atoms with Gasteiger partial charge in [-0.25, -0.2) is 0 Å². The summed E-state index contributed by atoms with van der Waals surface area (Å²) in [5.41, 5.74) is 0. The molecule has 1 fully saturated rings. The molecule has 0 aromatic rings. The zero-order chi connectivity index (χ0) is 10.4. The molecule has 1 heterocycles. The third-order valence-electron chi connectivity index (χ3n) is 3.06. The second kappa shape index (κ2) is 6.38. The van der Waals surface area contributed by atoms with Crippen molar-refractivity contribution in [1.82, 2.24) is 15.1 Å². The number of hydrogen-bond acceptors (Lipinski definition) is 3. The van der Waals surface area contributed by atoms with Gasteiger partial charge in [0.15, 0.2) is 0 Å². The molecule has 0 bridgehead atoms. The van der Waals surface area contributed by atoms with Gasteiger partial charge in [-0.05, 0) is 46.6 Å². The van der Waals surface area contributed by atoms with E-state index in [2.05, 4.69) is 29.1 Å². The van der Waals surface area contributed by atoms with Gasteiger partial charge in [-0.1, -0.05) is 6.92 Å². The lowest BCUT2D eigenvalue weighted by Gasteiger charge is -2.28. The summed E-state index contributed by atoms with van der Waals surface area (Å²) in [6.45, 7) is 8.38. The molecule has 14 heavy (non-hydrogen) atoms. The molecule has 0 spiro atoms. The van der Waals surface area contributed by atoms with Crippen molar-refractivity contribution in [3.05, 3.63) is 0 Å². The van der Waals surface area contributed by atoms with Gasteiger partial charge in [0.2, 0.25) is 0 Å². The van der Waals surface area contributed by atoms with Crippen LogP contribution in [0.4, 0.5) is 0 Å². The highest BCUT2D eigenvalue weighted by Gasteiger charge is 2.20. The van der Waals surface area contributed by atoms with E-state index in [-0.39, 0.29) is 0 Å². The molecule has 1 aliphatic rings. The van der Waals surface area contributed by atoms with Gasteiger partial charge in [0.05, 0.1) is 0 Å². The van der Waals surface area contributed by atoms with Crippen LogP contribution in [0.2, 0.25) is 0 Å². The van der Waals surface area contributed by atoms with Crippen molar-refractivity contribution in [3.8, 4) is 0 Å². The summed E-state index contributed by atoms with van der Waals surface area (Å²) in [5, 5.41) is 3.29. The van der Waals surface area contributed by atoms with Crippen molar-refractivity contribution in [2.75, 3.05) is 46.8 Å². The number of hydrogen-bond donors (Lipinski definition) is 1. The summed E-state index contributed by atoms with van der Waals surface area (Å²) < 4.78 is 0. The van der Waals surface area contributed by atoms with Crippen molar-refractivity contribution in [2.24, 2.45) is 0 Å². The van der Waals surface area contributed by atoms with Gasteiger partial charge in [0.1, 0.15) is 0 Å². The van der Waals surface area contributed by atoms with E-state index in [0.717, 1.165) is 6.54 Å². The lowest BCUT2D eigenvalue weighted by atomic mass is 10.2. The normalized spacial score (nSPS) is 26.4. The maximum absolute atomic E-state index is 3.29. The molecule has 0 aromatic carbocycles. The van der Waals surface area contributed by atoms with Crippen LogP contribution in [0.3, 0.4) is 0 Å². The number of likely N-dealkylation sites (N-methyl/N-ethyl adjacent to an activating group) is 2. The van der Waals surface area contributed by atoms with Gasteiger partial charge >= 0.3 is 0 Å². The Morgan fingerprint density at radius 2 is 2.14 bits per heavy atom. The minimum Gasteiger partial charge on any atom is -0.318 e. The summed E-state index contributed by atoms with van der Waals surface area (Å²) in [7, 11) is 4.29. The number of nitrogens with one attached hydrogen (secondary N) is 1. The van der Waals surface area contributed by atoms with Crippen molar-refractivity contribution in [1.29, 1.82) is 0 Å². The van der Waals surface area contributed by atoms with Gasteiger partial charge in [0.25, 0.3) is 0 Å². The predicted octanol–water partition coefficient (Wildman–Crippen LogP) is 0.622. The van der Waals surface area contributed by atoms with E-state index in [0.29, 0.717) is 6.04 Å². The summed E-state index contributed by atoms with van der Waals surface area (Å²) in [6, 6.07) is 0.689. The summed E-state index contributed by atoms with van der Waals surface area (Å²) in [5.74, 6) is 0. The molecule has 3 heteroatoms. The van der Waals surface area contributed by atoms with Gasteiger partial charge in [-0.3, -0.25) is 0 Å². The van der Waals surface area contributed by atoms with Crippen molar-refractivity contribution >= 4 is 0 Å². The van der Waals surface area contributed by atoms with Gasteiger partial charge in [0, 0.05) is 19.1 Å². The van der Waals surface area contributed by atoms with Crippen LogP contribution in [0.15, 0.2) is 0 Å². The molecule has 1 atom stereocenters. The van der Waals surface area contributed by atoms with E-state index < -0.39 is 0 Å². The van der Waals surface area contributed by atoms with E-state index in [1.54, 1.807) is 0 Å². The molecule has 1 rings (SSSR count). The van der Waals surface area contributed by atoms with E-state index in [9.17, 15) is 0 Å². The lowest BCUT2D eigenvalue weighted by molar-refractivity contribution is 0.205. The van der Waals surface area contributed by atoms with E-state index in [4.69, 9.17) is 0 Å². The molecule has 1 saturated heterocycles. The average Bonchev–Trinajstić information content (AvgIpc) is 2.31. The first-order chi connectivity index (χ1) is 6.77.